The number of nitro benzene ring substituents is 1. The van der Waals surface area contributed by atoms with E-state index in [9.17, 15) is 14.9 Å². The van der Waals surface area contributed by atoms with Crippen molar-refractivity contribution >= 4 is 29.0 Å². The smallest absolute Gasteiger partial charge is 0.284 e. The predicted molar refractivity (Wildman–Crippen MR) is 119 cm³/mol. The molecule has 0 fully saturated rings. The molecule has 0 atom stereocenters. The third-order valence-corrected chi connectivity index (χ3v) is 5.51. The summed E-state index contributed by atoms with van der Waals surface area (Å²) in [5.41, 5.74) is 0.398. The first-order chi connectivity index (χ1) is 15.5. The van der Waals surface area contributed by atoms with Gasteiger partial charge in [-0.25, -0.2) is 0 Å². The van der Waals surface area contributed by atoms with Crippen molar-refractivity contribution in [2.24, 2.45) is 7.05 Å². The molecule has 10 heteroatoms. The lowest BCUT2D eigenvalue weighted by molar-refractivity contribution is -0.387. The third-order valence-electron chi connectivity index (χ3n) is 4.40. The van der Waals surface area contributed by atoms with E-state index in [2.05, 4.69) is 15.5 Å². The zero-order valence-corrected chi connectivity index (χ0v) is 17.7. The van der Waals surface area contributed by atoms with Gasteiger partial charge in [0.1, 0.15) is 12.1 Å². The minimum atomic E-state index is -0.526. The maximum absolute atomic E-state index is 12.9. The Morgan fingerprint density at radius 1 is 1.09 bits per heavy atom. The van der Waals surface area contributed by atoms with E-state index in [4.69, 9.17) is 4.74 Å². The molecule has 0 saturated carbocycles. The SMILES string of the molecule is Cn1cnnc1Sc1ccc(C(=O)Nc2ccccc2Oc2ccccc2)cc1[N+](=O)[O-]. The van der Waals surface area contributed by atoms with Gasteiger partial charge in [0.15, 0.2) is 10.9 Å². The van der Waals surface area contributed by atoms with Crippen LogP contribution in [0.15, 0.2) is 89.2 Å². The van der Waals surface area contributed by atoms with Crippen LogP contribution in [0.5, 0.6) is 11.5 Å². The van der Waals surface area contributed by atoms with Crippen LogP contribution >= 0.6 is 11.8 Å². The first-order valence-electron chi connectivity index (χ1n) is 9.45. The molecule has 0 spiro atoms. The maximum atomic E-state index is 12.9. The van der Waals surface area contributed by atoms with Crippen LogP contribution < -0.4 is 10.1 Å². The van der Waals surface area contributed by atoms with Crippen molar-refractivity contribution in [1.29, 1.82) is 0 Å². The highest BCUT2D eigenvalue weighted by Gasteiger charge is 2.20. The molecule has 3 aromatic carbocycles. The number of benzene rings is 3. The Hall–Kier alpha value is -4.18. The minimum absolute atomic E-state index is 0.147. The summed E-state index contributed by atoms with van der Waals surface area (Å²) in [6, 6.07) is 20.4. The second-order valence-electron chi connectivity index (χ2n) is 6.63. The Labute approximate surface area is 187 Å². The Morgan fingerprint density at radius 2 is 1.84 bits per heavy atom. The van der Waals surface area contributed by atoms with Crippen LogP contribution in [0.4, 0.5) is 11.4 Å². The Kier molecular flexibility index (Phi) is 6.13. The highest BCUT2D eigenvalue weighted by atomic mass is 32.2. The van der Waals surface area contributed by atoms with Crippen LogP contribution in [0.1, 0.15) is 10.4 Å². The Balaban J connectivity index is 1.57. The summed E-state index contributed by atoms with van der Waals surface area (Å²) in [5.74, 6) is 0.582. The number of ether oxygens (including phenoxy) is 1. The van der Waals surface area contributed by atoms with Gasteiger partial charge in [0.05, 0.1) is 15.5 Å². The zero-order chi connectivity index (χ0) is 22.5. The van der Waals surface area contributed by atoms with E-state index in [-0.39, 0.29) is 11.3 Å². The molecule has 0 aliphatic heterocycles. The molecule has 1 N–H and O–H groups in total. The van der Waals surface area contributed by atoms with Crippen LogP contribution in [-0.4, -0.2) is 25.6 Å². The summed E-state index contributed by atoms with van der Waals surface area (Å²) in [7, 11) is 1.74. The average Bonchev–Trinajstić information content (AvgIpc) is 3.20. The fourth-order valence-electron chi connectivity index (χ4n) is 2.82. The van der Waals surface area contributed by atoms with Gasteiger partial charge in [-0.1, -0.05) is 30.3 Å². The van der Waals surface area contributed by atoms with E-state index >= 15 is 0 Å². The Morgan fingerprint density at radius 3 is 2.56 bits per heavy atom. The van der Waals surface area contributed by atoms with Gasteiger partial charge < -0.3 is 14.6 Å². The summed E-state index contributed by atoms with van der Waals surface area (Å²) in [6.45, 7) is 0. The van der Waals surface area contributed by atoms with Gasteiger partial charge in [-0.15, -0.1) is 10.2 Å². The maximum Gasteiger partial charge on any atom is 0.284 e. The van der Waals surface area contributed by atoms with Gasteiger partial charge in [0, 0.05) is 18.7 Å². The number of carbonyl (C=O) groups is 1. The van der Waals surface area contributed by atoms with Gasteiger partial charge in [0.2, 0.25) is 0 Å². The number of hydrogen-bond acceptors (Lipinski definition) is 7. The van der Waals surface area contributed by atoms with Gasteiger partial charge in [-0.05, 0) is 48.2 Å². The number of hydrogen-bond donors (Lipinski definition) is 1. The summed E-state index contributed by atoms with van der Waals surface area (Å²) >= 11 is 1.10. The van der Waals surface area contributed by atoms with E-state index in [1.807, 2.05) is 18.2 Å². The molecule has 9 nitrogen and oxygen atoms in total. The molecule has 1 aromatic heterocycles. The fourth-order valence-corrected chi connectivity index (χ4v) is 3.67. The second kappa shape index (κ2) is 9.31. The van der Waals surface area contributed by atoms with Crippen molar-refractivity contribution in [1.82, 2.24) is 14.8 Å². The number of amides is 1. The number of nitrogens with zero attached hydrogens (tertiary/aromatic N) is 4. The molecule has 32 heavy (non-hydrogen) atoms. The lowest BCUT2D eigenvalue weighted by Crippen LogP contribution is -2.13. The van der Waals surface area contributed by atoms with E-state index in [0.717, 1.165) is 11.8 Å². The normalized spacial score (nSPS) is 10.5. The van der Waals surface area contributed by atoms with Gasteiger partial charge in [-0.2, -0.15) is 0 Å². The molecule has 1 heterocycles. The van der Waals surface area contributed by atoms with Crippen molar-refractivity contribution in [3.63, 3.8) is 0 Å². The van der Waals surface area contributed by atoms with Crippen molar-refractivity contribution in [3.05, 3.63) is 94.8 Å². The lowest BCUT2D eigenvalue weighted by atomic mass is 10.2. The molecular weight excluding hydrogens is 430 g/mol. The molecule has 160 valence electrons. The van der Waals surface area contributed by atoms with Crippen LogP contribution in [0.3, 0.4) is 0 Å². The fraction of sp³-hybridized carbons (Fsp3) is 0.0455. The number of nitro groups is 1. The summed E-state index contributed by atoms with van der Waals surface area (Å²) in [6.07, 6.45) is 1.50. The number of para-hydroxylation sites is 3. The van der Waals surface area contributed by atoms with E-state index in [1.54, 1.807) is 48.0 Å². The molecule has 0 aliphatic rings. The van der Waals surface area contributed by atoms with Gasteiger partial charge >= 0.3 is 0 Å². The van der Waals surface area contributed by atoms with Gasteiger partial charge in [-0.3, -0.25) is 14.9 Å². The van der Waals surface area contributed by atoms with E-state index < -0.39 is 10.8 Å². The molecule has 0 unspecified atom stereocenters. The summed E-state index contributed by atoms with van der Waals surface area (Å²) in [4.78, 5) is 24.3. The van der Waals surface area contributed by atoms with Gasteiger partial charge in [0.25, 0.3) is 11.6 Å². The first kappa shape index (κ1) is 21.1. The lowest BCUT2D eigenvalue weighted by Gasteiger charge is -2.12. The molecule has 0 bridgehead atoms. The topological polar surface area (TPSA) is 112 Å². The number of nitrogens with one attached hydrogen (secondary N) is 1. The third kappa shape index (κ3) is 4.76. The van der Waals surface area contributed by atoms with Crippen molar-refractivity contribution in [3.8, 4) is 11.5 Å². The van der Waals surface area contributed by atoms with Crippen LogP contribution in [-0.2, 0) is 7.05 Å². The average molecular weight is 447 g/mol. The molecular formula is C22H17N5O4S. The summed E-state index contributed by atoms with van der Waals surface area (Å²) in [5, 5.41) is 22.6. The monoisotopic (exact) mass is 447 g/mol. The second-order valence-corrected chi connectivity index (χ2v) is 7.64. The van der Waals surface area contributed by atoms with Crippen molar-refractivity contribution in [2.45, 2.75) is 10.1 Å². The number of rotatable bonds is 7. The molecule has 0 aliphatic carbocycles. The number of aryl methyl sites for hydroxylation is 1. The standard InChI is InChI=1S/C22H17N5O4S/c1-26-14-23-25-22(26)32-20-12-11-15(13-18(20)27(29)30)21(28)24-17-9-5-6-10-19(17)31-16-7-3-2-4-8-16/h2-14H,1H3,(H,24,28). The number of aromatic nitrogens is 3. The number of anilines is 1. The van der Waals surface area contributed by atoms with Crippen LogP contribution in [0.2, 0.25) is 0 Å². The Bertz CT molecular complexity index is 1280. The van der Waals surface area contributed by atoms with Crippen molar-refractivity contribution < 1.29 is 14.5 Å². The largest absolute Gasteiger partial charge is 0.455 e. The first-order valence-corrected chi connectivity index (χ1v) is 10.3. The molecule has 4 aromatic rings. The molecule has 0 radical (unpaired) electrons. The van der Waals surface area contributed by atoms with Crippen LogP contribution in [0.25, 0.3) is 0 Å². The number of carbonyl (C=O) groups excluding carboxylic acids is 1. The molecule has 0 saturated heterocycles. The van der Waals surface area contributed by atoms with E-state index in [0.29, 0.717) is 27.2 Å². The predicted octanol–water partition coefficient (Wildman–Crippen LogP) is 4.92. The minimum Gasteiger partial charge on any atom is -0.455 e. The van der Waals surface area contributed by atoms with Crippen LogP contribution in [0, 0.1) is 10.1 Å². The highest BCUT2D eigenvalue weighted by molar-refractivity contribution is 7.99. The van der Waals surface area contributed by atoms with E-state index in [1.165, 1.54) is 24.5 Å². The quantitative estimate of drug-likeness (QED) is 0.316. The zero-order valence-electron chi connectivity index (χ0n) is 16.8. The summed E-state index contributed by atoms with van der Waals surface area (Å²) < 4.78 is 7.51. The molecule has 1 amide bonds. The van der Waals surface area contributed by atoms with Crippen molar-refractivity contribution in [2.75, 3.05) is 5.32 Å². The molecule has 4 rings (SSSR count). The highest BCUT2D eigenvalue weighted by Crippen LogP contribution is 2.35.